The molecule has 0 aliphatic carbocycles. The molecule has 150 valence electrons. The molecule has 22 heteroatoms. The Balaban J connectivity index is -0.0000000106. The molecule has 0 aromatic carbocycles. The summed E-state index contributed by atoms with van der Waals surface area (Å²) >= 11 is 0. The number of rotatable bonds is 0. The van der Waals surface area contributed by atoms with Gasteiger partial charge in [-0.05, 0) is 0 Å². The van der Waals surface area contributed by atoms with Gasteiger partial charge in [-0.1, -0.05) is 0 Å². The van der Waals surface area contributed by atoms with Crippen LogP contribution in [0.25, 0.3) is 0 Å². The van der Waals surface area contributed by atoms with Gasteiger partial charge in [0.1, 0.15) is 0 Å². The van der Waals surface area contributed by atoms with Crippen molar-refractivity contribution in [1.82, 2.24) is 36.9 Å². The molecule has 0 bridgehead atoms. The topological polar surface area (TPSA) is 487 Å². The van der Waals surface area contributed by atoms with E-state index in [1.165, 1.54) is 0 Å². The molecule has 0 rings (SSSR count). The summed E-state index contributed by atoms with van der Waals surface area (Å²) in [4.78, 5) is 0. The molecule has 0 amide bonds. The van der Waals surface area contributed by atoms with Gasteiger partial charge in [-0.15, -0.1) is 30.7 Å². The fourth-order valence-corrected chi connectivity index (χ4v) is 0. The van der Waals surface area contributed by atoms with Crippen molar-refractivity contribution < 1.29 is 103 Å². The van der Waals surface area contributed by atoms with Crippen LogP contribution in [-0.2, 0) is 16.8 Å². The van der Waals surface area contributed by atoms with Crippen LogP contribution in [0.5, 0.6) is 0 Å². The van der Waals surface area contributed by atoms with Crippen molar-refractivity contribution in [2.24, 2.45) is 0 Å². The molecule has 0 aromatic rings. The van der Waals surface area contributed by atoms with Gasteiger partial charge in [-0.25, -0.2) is 55.9 Å². The molecule has 0 aliphatic rings. The number of hydrogen-bond acceptors (Lipinski definition) is 18. The predicted molar refractivity (Wildman–Crippen MR) is 30.1 cm³/mol. The second kappa shape index (κ2) is 26.5. The van der Waals surface area contributed by atoms with Crippen molar-refractivity contribution in [1.29, 1.82) is 0 Å². The quantitative estimate of drug-likeness (QED) is 0.195. The van der Waals surface area contributed by atoms with Gasteiger partial charge in [-0.2, -0.15) is 0 Å². The largest absolute Gasteiger partial charge is 3.00 e. The molecule has 0 heterocycles. The average Bonchev–Trinajstić information content (AvgIpc) is 1.41. The van der Waals surface area contributed by atoms with Gasteiger partial charge in [0.05, 0.1) is 0 Å². The van der Waals surface area contributed by atoms with Crippen molar-refractivity contribution in [2.75, 3.05) is 0 Å². The molecular formula is H18Cl3CoN6O12. The van der Waals surface area contributed by atoms with E-state index in [2.05, 4.69) is 0 Å². The summed E-state index contributed by atoms with van der Waals surface area (Å²) in [6.07, 6.45) is 0. The van der Waals surface area contributed by atoms with E-state index in [-0.39, 0.29) is 53.7 Å². The second-order valence-electron chi connectivity index (χ2n) is 1.13. The van der Waals surface area contributed by atoms with Crippen LogP contribution in [0.4, 0.5) is 0 Å². The molecule has 0 aliphatic heterocycles. The van der Waals surface area contributed by atoms with Crippen LogP contribution >= 0.6 is 0 Å². The predicted octanol–water partition coefficient (Wildman–Crippen LogP) is -13.3. The van der Waals surface area contributed by atoms with Crippen molar-refractivity contribution in [3.8, 4) is 0 Å². The minimum atomic E-state index is -4.94. The molecule has 18 N–H and O–H groups in total. The molecule has 0 saturated heterocycles. The Labute approximate surface area is 140 Å². The van der Waals surface area contributed by atoms with Crippen molar-refractivity contribution in [2.45, 2.75) is 0 Å². The summed E-state index contributed by atoms with van der Waals surface area (Å²) < 4.78 is 102. The normalized spacial score (nSPS) is 8.18. The smallest absolute Gasteiger partial charge is 0.344 e. The molecule has 0 atom stereocenters. The Bertz CT molecular complexity index is 110. The maximum absolute atomic E-state index is 8.49. The third kappa shape index (κ3) is 18500. The summed E-state index contributed by atoms with van der Waals surface area (Å²) in [5, 5.41) is 0. The molecule has 0 radical (unpaired) electrons. The van der Waals surface area contributed by atoms with Crippen molar-refractivity contribution in [3.05, 3.63) is 0 Å². The first-order valence-electron chi connectivity index (χ1n) is 1.85. The first-order chi connectivity index (χ1) is 6.00. The Morgan fingerprint density at radius 2 is 0.273 bits per heavy atom. The van der Waals surface area contributed by atoms with Crippen molar-refractivity contribution >= 4 is 0 Å². The van der Waals surface area contributed by atoms with Crippen LogP contribution in [0.1, 0.15) is 0 Å². The van der Waals surface area contributed by atoms with Crippen LogP contribution < -0.4 is 92.8 Å². The summed E-state index contributed by atoms with van der Waals surface area (Å²) in [7, 11) is -14.8. The van der Waals surface area contributed by atoms with Crippen LogP contribution in [-0.4, -0.2) is 0 Å². The maximum Gasteiger partial charge on any atom is 3.00 e. The number of halogens is 3. The van der Waals surface area contributed by atoms with Gasteiger partial charge in [0.15, 0.2) is 0 Å². The maximum atomic E-state index is 8.49. The molecule has 0 fully saturated rings. The molecular weight excluding hydrogens is 441 g/mol. The summed E-state index contributed by atoms with van der Waals surface area (Å²) in [6.45, 7) is 0. The summed E-state index contributed by atoms with van der Waals surface area (Å²) in [5.74, 6) is 0. The monoisotopic (exact) mass is 458 g/mol. The van der Waals surface area contributed by atoms with Crippen LogP contribution in [0.2, 0.25) is 0 Å². The molecule has 0 spiro atoms. The van der Waals surface area contributed by atoms with E-state index in [1.54, 1.807) is 0 Å². The molecule has 22 heavy (non-hydrogen) atoms. The van der Waals surface area contributed by atoms with Gasteiger partial charge in [0.25, 0.3) is 0 Å². The number of hydrogen-bond donors (Lipinski definition) is 6. The zero-order chi connectivity index (χ0) is 13.5. The third-order valence-corrected chi connectivity index (χ3v) is 0. The van der Waals surface area contributed by atoms with Crippen molar-refractivity contribution in [3.63, 3.8) is 0 Å². The summed E-state index contributed by atoms with van der Waals surface area (Å²) in [6, 6.07) is 0. The minimum absolute atomic E-state index is 0. The standard InChI is InChI=1S/3ClHO4.Co.6H3N/c3*2-1(3,4)5;;;;;;;/h3*(H,2,3,4,5);;6*1H3/q;;;+3;;;;;;/p-3. The zero-order valence-electron chi connectivity index (χ0n) is 10.6. The first-order valence-corrected chi connectivity index (χ1v) is 5.55. The Morgan fingerprint density at radius 1 is 0.273 bits per heavy atom. The Morgan fingerprint density at radius 3 is 0.273 bits per heavy atom. The fraction of sp³-hybridized carbons (Fsp3) is 0. The molecule has 0 saturated carbocycles. The fourth-order valence-electron chi connectivity index (χ4n) is 0. The van der Waals surface area contributed by atoms with Gasteiger partial charge in [0, 0.05) is 0 Å². The first kappa shape index (κ1) is 66.3. The van der Waals surface area contributed by atoms with E-state index in [9.17, 15) is 0 Å². The third-order valence-electron chi connectivity index (χ3n) is 0. The van der Waals surface area contributed by atoms with E-state index in [0.29, 0.717) is 0 Å². The zero-order valence-corrected chi connectivity index (χ0v) is 13.9. The Hall–Kier alpha value is 0.656. The van der Waals surface area contributed by atoms with Gasteiger partial charge < -0.3 is 36.9 Å². The van der Waals surface area contributed by atoms with E-state index in [0.717, 1.165) is 0 Å². The SMILES string of the molecule is N.N.N.N.N.N.[Co+3].[O-][Cl+3]([O-])([O-])[O-].[O-][Cl+3]([O-])([O-])[O-].[O-][Cl+3]([O-])([O-])[O-]. The van der Waals surface area contributed by atoms with Gasteiger partial charge in [0.2, 0.25) is 0 Å². The van der Waals surface area contributed by atoms with Crippen LogP contribution in [0.15, 0.2) is 0 Å². The second-order valence-corrected chi connectivity index (χ2v) is 3.40. The van der Waals surface area contributed by atoms with Gasteiger partial charge in [-0.3, -0.25) is 0 Å². The molecule has 0 aromatic heterocycles. The van der Waals surface area contributed by atoms with E-state index in [1.807, 2.05) is 0 Å². The minimum Gasteiger partial charge on any atom is -0.344 e. The van der Waals surface area contributed by atoms with E-state index >= 15 is 0 Å². The van der Waals surface area contributed by atoms with Crippen LogP contribution in [0, 0.1) is 30.7 Å². The summed E-state index contributed by atoms with van der Waals surface area (Å²) in [5.41, 5.74) is 0. The van der Waals surface area contributed by atoms with Gasteiger partial charge >= 0.3 is 16.8 Å². The van der Waals surface area contributed by atoms with Crippen LogP contribution in [0.3, 0.4) is 0 Å². The average molecular weight is 459 g/mol. The Kier molecular flexibility index (Phi) is 80.0. The molecule has 0 unspecified atom stereocenters. The molecule has 18 nitrogen and oxygen atoms in total. The van der Waals surface area contributed by atoms with E-state index in [4.69, 9.17) is 55.9 Å². The van der Waals surface area contributed by atoms with E-state index < -0.39 is 30.7 Å².